The minimum absolute atomic E-state index is 0.155. The molecule has 1 fully saturated rings. The lowest BCUT2D eigenvalue weighted by molar-refractivity contribution is -0.133. The number of hydrogen-bond donors (Lipinski definition) is 0. The van der Waals surface area contributed by atoms with Crippen LogP contribution in [-0.4, -0.2) is 23.3 Å². The van der Waals surface area contributed by atoms with Gasteiger partial charge in [-0.1, -0.05) is 44.2 Å². The average Bonchev–Trinajstić information content (AvgIpc) is 2.35. The molecule has 92 valence electrons. The third-order valence-corrected chi connectivity index (χ3v) is 3.97. The van der Waals surface area contributed by atoms with Crippen LogP contribution in [0.15, 0.2) is 30.3 Å². The highest BCUT2D eigenvalue weighted by Crippen LogP contribution is 2.25. The quantitative estimate of drug-likeness (QED) is 0.780. The standard InChI is InChI=1S/C15H21NO/c1-11-9-16(13(3)12(2)15(11)17)10-14-7-5-4-6-8-14/h4-8,11-13H,9-10H2,1-3H3. The predicted molar refractivity (Wildman–Crippen MR) is 69.6 cm³/mol. The van der Waals surface area contributed by atoms with Crippen LogP contribution in [0.25, 0.3) is 0 Å². The fraction of sp³-hybridized carbons (Fsp3) is 0.533. The number of ketones is 1. The molecule has 0 amide bonds. The van der Waals surface area contributed by atoms with Gasteiger partial charge in [0.2, 0.25) is 0 Å². The number of piperidine rings is 1. The lowest BCUT2D eigenvalue weighted by Gasteiger charge is -2.40. The molecule has 0 radical (unpaired) electrons. The van der Waals surface area contributed by atoms with Crippen molar-refractivity contribution in [3.05, 3.63) is 35.9 Å². The maximum absolute atomic E-state index is 11.9. The van der Waals surface area contributed by atoms with E-state index >= 15 is 0 Å². The largest absolute Gasteiger partial charge is 0.299 e. The minimum atomic E-state index is 0.155. The maximum Gasteiger partial charge on any atom is 0.141 e. The van der Waals surface area contributed by atoms with Gasteiger partial charge < -0.3 is 0 Å². The lowest BCUT2D eigenvalue weighted by Crippen LogP contribution is -2.50. The fourth-order valence-corrected chi connectivity index (χ4v) is 2.64. The van der Waals surface area contributed by atoms with E-state index in [0.717, 1.165) is 13.1 Å². The average molecular weight is 231 g/mol. The Bertz CT molecular complexity index is 387. The van der Waals surface area contributed by atoms with E-state index in [-0.39, 0.29) is 11.8 Å². The molecule has 3 atom stereocenters. The normalized spacial score (nSPS) is 30.5. The first kappa shape index (κ1) is 12.3. The summed E-state index contributed by atoms with van der Waals surface area (Å²) in [4.78, 5) is 14.3. The summed E-state index contributed by atoms with van der Waals surface area (Å²) in [5.74, 6) is 0.745. The van der Waals surface area contributed by atoms with E-state index in [2.05, 4.69) is 43.0 Å². The number of carbonyl (C=O) groups excluding carboxylic acids is 1. The van der Waals surface area contributed by atoms with Gasteiger partial charge in [-0.3, -0.25) is 9.69 Å². The molecule has 1 aromatic carbocycles. The molecule has 1 saturated heterocycles. The molecule has 17 heavy (non-hydrogen) atoms. The molecule has 0 aliphatic carbocycles. The Labute approximate surface area is 104 Å². The molecule has 0 N–H and O–H groups in total. The molecule has 1 aliphatic rings. The fourth-order valence-electron chi connectivity index (χ4n) is 2.64. The van der Waals surface area contributed by atoms with E-state index in [1.165, 1.54) is 5.56 Å². The van der Waals surface area contributed by atoms with Crippen molar-refractivity contribution < 1.29 is 4.79 Å². The molecule has 0 aromatic heterocycles. The van der Waals surface area contributed by atoms with Crippen molar-refractivity contribution in [2.24, 2.45) is 11.8 Å². The van der Waals surface area contributed by atoms with Gasteiger partial charge in [0.05, 0.1) is 0 Å². The maximum atomic E-state index is 11.9. The van der Waals surface area contributed by atoms with Gasteiger partial charge in [-0.2, -0.15) is 0 Å². The van der Waals surface area contributed by atoms with Gasteiger partial charge in [-0.15, -0.1) is 0 Å². The highest BCUT2D eigenvalue weighted by molar-refractivity contribution is 5.84. The topological polar surface area (TPSA) is 20.3 Å². The van der Waals surface area contributed by atoms with Gasteiger partial charge in [0.25, 0.3) is 0 Å². The zero-order chi connectivity index (χ0) is 12.4. The zero-order valence-corrected chi connectivity index (χ0v) is 10.9. The van der Waals surface area contributed by atoms with Crippen molar-refractivity contribution in [3.63, 3.8) is 0 Å². The van der Waals surface area contributed by atoms with Crippen molar-refractivity contribution >= 4 is 5.78 Å². The van der Waals surface area contributed by atoms with Crippen molar-refractivity contribution in [2.45, 2.75) is 33.4 Å². The lowest BCUT2D eigenvalue weighted by atomic mass is 9.84. The summed E-state index contributed by atoms with van der Waals surface area (Å²) in [6.07, 6.45) is 0. The van der Waals surface area contributed by atoms with Crippen molar-refractivity contribution in [2.75, 3.05) is 6.54 Å². The molecule has 2 nitrogen and oxygen atoms in total. The molecule has 0 saturated carbocycles. The molecule has 1 heterocycles. The number of benzene rings is 1. The predicted octanol–water partition coefficient (Wildman–Crippen LogP) is 2.73. The zero-order valence-electron chi connectivity index (χ0n) is 10.9. The minimum Gasteiger partial charge on any atom is -0.299 e. The number of hydrogen-bond acceptors (Lipinski definition) is 2. The van der Waals surface area contributed by atoms with Gasteiger partial charge >= 0.3 is 0 Å². The second-order valence-electron chi connectivity index (χ2n) is 5.25. The molecular formula is C15H21NO. The molecule has 3 unspecified atom stereocenters. The summed E-state index contributed by atoms with van der Waals surface area (Å²) in [5.41, 5.74) is 1.33. The van der Waals surface area contributed by atoms with Crippen LogP contribution >= 0.6 is 0 Å². The van der Waals surface area contributed by atoms with Crippen LogP contribution < -0.4 is 0 Å². The van der Waals surface area contributed by atoms with Gasteiger partial charge in [0, 0.05) is 31.0 Å². The summed E-state index contributed by atoms with van der Waals surface area (Å²) >= 11 is 0. The van der Waals surface area contributed by atoms with E-state index in [9.17, 15) is 4.79 Å². The Morgan fingerprint density at radius 2 is 1.82 bits per heavy atom. The smallest absolute Gasteiger partial charge is 0.141 e. The van der Waals surface area contributed by atoms with Gasteiger partial charge in [-0.05, 0) is 12.5 Å². The first-order valence-electron chi connectivity index (χ1n) is 6.41. The molecule has 0 spiro atoms. The van der Waals surface area contributed by atoms with Crippen LogP contribution in [0, 0.1) is 11.8 Å². The van der Waals surface area contributed by atoms with Crippen molar-refractivity contribution in [1.29, 1.82) is 0 Å². The second kappa shape index (κ2) is 5.01. The molecule has 1 aliphatic heterocycles. The SMILES string of the molecule is CC1CN(Cc2ccccc2)C(C)C(C)C1=O. The first-order valence-corrected chi connectivity index (χ1v) is 6.41. The third-order valence-electron chi connectivity index (χ3n) is 3.97. The first-order chi connectivity index (χ1) is 8.09. The molecule has 1 aromatic rings. The molecule has 2 heteroatoms. The highest BCUT2D eigenvalue weighted by atomic mass is 16.1. The van der Waals surface area contributed by atoms with Gasteiger partial charge in [-0.25, -0.2) is 0 Å². The number of Topliss-reactive ketones (excluding diaryl/α,β-unsaturated/α-hetero) is 1. The van der Waals surface area contributed by atoms with Crippen LogP contribution in [0.2, 0.25) is 0 Å². The van der Waals surface area contributed by atoms with Gasteiger partial charge in [0.15, 0.2) is 0 Å². The Balaban J connectivity index is 2.09. The summed E-state index contributed by atoms with van der Waals surface area (Å²) in [6.45, 7) is 8.10. The number of rotatable bonds is 2. The van der Waals surface area contributed by atoms with Crippen LogP contribution in [0.5, 0.6) is 0 Å². The van der Waals surface area contributed by atoms with Crippen molar-refractivity contribution in [3.8, 4) is 0 Å². The molecule has 0 bridgehead atoms. The Hall–Kier alpha value is -1.15. The monoisotopic (exact) mass is 231 g/mol. The Morgan fingerprint density at radius 3 is 2.47 bits per heavy atom. The van der Waals surface area contributed by atoms with E-state index in [0.29, 0.717) is 11.8 Å². The number of nitrogens with zero attached hydrogens (tertiary/aromatic N) is 1. The third kappa shape index (κ3) is 2.58. The van der Waals surface area contributed by atoms with Crippen LogP contribution in [-0.2, 0) is 11.3 Å². The van der Waals surface area contributed by atoms with E-state index < -0.39 is 0 Å². The molecular weight excluding hydrogens is 210 g/mol. The van der Waals surface area contributed by atoms with E-state index in [1.807, 2.05) is 13.0 Å². The van der Waals surface area contributed by atoms with E-state index in [1.54, 1.807) is 0 Å². The van der Waals surface area contributed by atoms with E-state index in [4.69, 9.17) is 0 Å². The summed E-state index contributed by atoms with van der Waals surface area (Å²) < 4.78 is 0. The summed E-state index contributed by atoms with van der Waals surface area (Å²) in [6, 6.07) is 10.8. The Kier molecular flexibility index (Phi) is 3.63. The second-order valence-corrected chi connectivity index (χ2v) is 5.25. The summed E-state index contributed by atoms with van der Waals surface area (Å²) in [5, 5.41) is 0. The Morgan fingerprint density at radius 1 is 1.18 bits per heavy atom. The number of carbonyl (C=O) groups is 1. The molecule has 2 rings (SSSR count). The van der Waals surface area contributed by atoms with Crippen LogP contribution in [0.4, 0.5) is 0 Å². The van der Waals surface area contributed by atoms with Crippen LogP contribution in [0.3, 0.4) is 0 Å². The van der Waals surface area contributed by atoms with Crippen LogP contribution in [0.1, 0.15) is 26.3 Å². The summed E-state index contributed by atoms with van der Waals surface area (Å²) in [7, 11) is 0. The highest BCUT2D eigenvalue weighted by Gasteiger charge is 2.35. The van der Waals surface area contributed by atoms with Gasteiger partial charge in [0.1, 0.15) is 5.78 Å². The van der Waals surface area contributed by atoms with Crippen molar-refractivity contribution in [1.82, 2.24) is 4.90 Å². The number of likely N-dealkylation sites (tertiary alicyclic amines) is 1.